The first-order valence-electron chi connectivity index (χ1n) is 8.49. The quantitative estimate of drug-likeness (QED) is 0.806. The van der Waals surface area contributed by atoms with Gasteiger partial charge in [0.25, 0.3) is 0 Å². The predicted octanol–water partition coefficient (Wildman–Crippen LogP) is 5.33. The highest BCUT2D eigenvalue weighted by molar-refractivity contribution is 5.51. The summed E-state index contributed by atoms with van der Waals surface area (Å²) in [4.78, 5) is 0. The van der Waals surface area contributed by atoms with Crippen molar-refractivity contribution >= 4 is 0 Å². The molecule has 134 valence electrons. The molecular formula is C20H22F3NO. The zero-order valence-corrected chi connectivity index (χ0v) is 14.4. The summed E-state index contributed by atoms with van der Waals surface area (Å²) >= 11 is 0. The molecule has 0 spiro atoms. The first-order chi connectivity index (χ1) is 11.9. The van der Waals surface area contributed by atoms with Gasteiger partial charge in [0.15, 0.2) is 0 Å². The molecule has 25 heavy (non-hydrogen) atoms. The lowest BCUT2D eigenvalue weighted by molar-refractivity contribution is -0.139. The van der Waals surface area contributed by atoms with E-state index in [4.69, 9.17) is 4.74 Å². The number of hydrogen-bond donors (Lipinski definition) is 1. The number of alkyl halides is 3. The first kappa shape index (κ1) is 17.8. The van der Waals surface area contributed by atoms with E-state index in [1.54, 1.807) is 13.0 Å². The number of hydrogen-bond acceptors (Lipinski definition) is 2. The summed E-state index contributed by atoms with van der Waals surface area (Å²) in [7, 11) is 0. The fourth-order valence-electron chi connectivity index (χ4n) is 3.40. The number of benzene rings is 2. The number of ether oxygens (including phenoxy) is 1. The molecule has 0 radical (unpaired) electrons. The van der Waals surface area contributed by atoms with Crippen molar-refractivity contribution in [2.24, 2.45) is 0 Å². The lowest BCUT2D eigenvalue weighted by atomic mass is 9.91. The predicted molar refractivity (Wildman–Crippen MR) is 91.7 cm³/mol. The average molecular weight is 349 g/mol. The van der Waals surface area contributed by atoms with Crippen LogP contribution in [-0.4, -0.2) is 6.54 Å². The SMILES string of the molecule is Cc1c(OCc2ccccc2)cc(C2CCCN2)c(C(F)(F)F)c1C. The van der Waals surface area contributed by atoms with Crippen molar-refractivity contribution in [2.75, 3.05) is 6.54 Å². The van der Waals surface area contributed by atoms with Gasteiger partial charge in [-0.1, -0.05) is 30.3 Å². The molecule has 1 unspecified atom stereocenters. The standard InChI is InChI=1S/C20H22F3NO/c1-13-14(2)19(20(21,22)23)16(17-9-6-10-24-17)11-18(13)25-12-15-7-4-3-5-8-15/h3-5,7-8,11,17,24H,6,9-10,12H2,1-2H3. The van der Waals surface area contributed by atoms with Crippen molar-refractivity contribution in [3.63, 3.8) is 0 Å². The highest BCUT2D eigenvalue weighted by Crippen LogP contribution is 2.43. The molecule has 1 N–H and O–H groups in total. The zero-order valence-electron chi connectivity index (χ0n) is 14.4. The van der Waals surface area contributed by atoms with Gasteiger partial charge >= 0.3 is 6.18 Å². The molecule has 1 aliphatic rings. The van der Waals surface area contributed by atoms with Gasteiger partial charge in [-0.05, 0) is 61.6 Å². The van der Waals surface area contributed by atoms with Crippen LogP contribution < -0.4 is 10.1 Å². The van der Waals surface area contributed by atoms with E-state index in [2.05, 4.69) is 5.32 Å². The van der Waals surface area contributed by atoms with Crippen LogP contribution in [-0.2, 0) is 12.8 Å². The highest BCUT2D eigenvalue weighted by Gasteiger charge is 2.38. The summed E-state index contributed by atoms with van der Waals surface area (Å²) in [6.07, 6.45) is -2.77. The molecule has 0 amide bonds. The van der Waals surface area contributed by atoms with Crippen LogP contribution in [0.15, 0.2) is 36.4 Å². The molecular weight excluding hydrogens is 327 g/mol. The van der Waals surface area contributed by atoms with E-state index in [0.717, 1.165) is 18.5 Å². The molecule has 2 aromatic carbocycles. The second kappa shape index (κ2) is 7.08. The molecule has 1 atom stereocenters. The Kier molecular flexibility index (Phi) is 5.04. The van der Waals surface area contributed by atoms with Crippen LogP contribution in [0.3, 0.4) is 0 Å². The fourth-order valence-corrected chi connectivity index (χ4v) is 3.40. The molecule has 1 aliphatic heterocycles. The van der Waals surface area contributed by atoms with E-state index >= 15 is 0 Å². The Labute approximate surface area is 146 Å². The number of halogens is 3. The molecule has 1 fully saturated rings. The molecule has 2 nitrogen and oxygen atoms in total. The molecule has 1 saturated heterocycles. The Morgan fingerprint density at radius 1 is 1.12 bits per heavy atom. The Hall–Kier alpha value is -2.01. The molecule has 5 heteroatoms. The Morgan fingerprint density at radius 3 is 2.44 bits per heavy atom. The molecule has 3 rings (SSSR count). The van der Waals surface area contributed by atoms with E-state index in [1.807, 2.05) is 30.3 Å². The van der Waals surface area contributed by atoms with Gasteiger partial charge in [-0.25, -0.2) is 0 Å². The van der Waals surface area contributed by atoms with Crippen LogP contribution in [0.25, 0.3) is 0 Å². The molecule has 0 saturated carbocycles. The minimum Gasteiger partial charge on any atom is -0.489 e. The summed E-state index contributed by atoms with van der Waals surface area (Å²) in [6.45, 7) is 4.31. The second-order valence-electron chi connectivity index (χ2n) is 6.51. The van der Waals surface area contributed by atoms with Crippen molar-refractivity contribution in [3.8, 4) is 5.75 Å². The van der Waals surface area contributed by atoms with Crippen LogP contribution in [0.5, 0.6) is 5.75 Å². The maximum absolute atomic E-state index is 13.7. The Balaban J connectivity index is 1.98. The lowest BCUT2D eigenvalue weighted by Crippen LogP contribution is -2.20. The molecule has 1 heterocycles. The van der Waals surface area contributed by atoms with Gasteiger partial charge in [0.2, 0.25) is 0 Å². The van der Waals surface area contributed by atoms with E-state index in [1.165, 1.54) is 6.92 Å². The van der Waals surface area contributed by atoms with Gasteiger partial charge in [0.05, 0.1) is 5.56 Å². The summed E-state index contributed by atoms with van der Waals surface area (Å²) < 4.78 is 46.8. The van der Waals surface area contributed by atoms with Crippen molar-refractivity contribution in [1.29, 1.82) is 0 Å². The first-order valence-corrected chi connectivity index (χ1v) is 8.49. The molecule has 0 bridgehead atoms. The zero-order chi connectivity index (χ0) is 18.0. The summed E-state index contributed by atoms with van der Waals surface area (Å²) in [5, 5.41) is 3.18. The number of nitrogens with one attached hydrogen (secondary N) is 1. The largest absolute Gasteiger partial charge is 0.489 e. The summed E-state index contributed by atoms with van der Waals surface area (Å²) in [5.74, 6) is 0.526. The van der Waals surface area contributed by atoms with Crippen molar-refractivity contribution in [1.82, 2.24) is 5.32 Å². The maximum atomic E-state index is 13.7. The summed E-state index contributed by atoms with van der Waals surface area (Å²) in [5.41, 5.74) is 1.57. The van der Waals surface area contributed by atoms with Crippen LogP contribution in [0.2, 0.25) is 0 Å². The van der Waals surface area contributed by atoms with E-state index in [0.29, 0.717) is 29.9 Å². The van der Waals surface area contributed by atoms with Gasteiger partial charge < -0.3 is 10.1 Å². The molecule has 2 aromatic rings. The average Bonchev–Trinajstić information content (AvgIpc) is 3.10. The third-order valence-corrected chi connectivity index (χ3v) is 4.84. The topological polar surface area (TPSA) is 21.3 Å². The fraction of sp³-hybridized carbons (Fsp3) is 0.400. The Morgan fingerprint density at radius 2 is 1.84 bits per heavy atom. The van der Waals surface area contributed by atoms with Crippen molar-refractivity contribution in [3.05, 3.63) is 64.2 Å². The minimum atomic E-state index is -4.37. The van der Waals surface area contributed by atoms with Crippen LogP contribution >= 0.6 is 0 Å². The van der Waals surface area contributed by atoms with Gasteiger partial charge in [-0.15, -0.1) is 0 Å². The van der Waals surface area contributed by atoms with E-state index in [9.17, 15) is 13.2 Å². The lowest BCUT2D eigenvalue weighted by Gasteiger charge is -2.24. The van der Waals surface area contributed by atoms with Gasteiger partial charge in [-0.3, -0.25) is 0 Å². The maximum Gasteiger partial charge on any atom is 0.417 e. The number of rotatable bonds is 4. The normalized spacial score (nSPS) is 17.7. The van der Waals surface area contributed by atoms with Gasteiger partial charge in [0, 0.05) is 6.04 Å². The van der Waals surface area contributed by atoms with Crippen molar-refractivity contribution in [2.45, 2.75) is 45.5 Å². The molecule has 0 aromatic heterocycles. The van der Waals surface area contributed by atoms with E-state index < -0.39 is 11.7 Å². The minimum absolute atomic E-state index is 0.252. The van der Waals surface area contributed by atoms with Crippen molar-refractivity contribution < 1.29 is 17.9 Å². The monoisotopic (exact) mass is 349 g/mol. The van der Waals surface area contributed by atoms with Crippen LogP contribution in [0.4, 0.5) is 13.2 Å². The van der Waals surface area contributed by atoms with E-state index in [-0.39, 0.29) is 11.6 Å². The highest BCUT2D eigenvalue weighted by atomic mass is 19.4. The smallest absolute Gasteiger partial charge is 0.417 e. The third-order valence-electron chi connectivity index (χ3n) is 4.84. The van der Waals surface area contributed by atoms with Gasteiger partial charge in [-0.2, -0.15) is 13.2 Å². The van der Waals surface area contributed by atoms with Gasteiger partial charge in [0.1, 0.15) is 12.4 Å². The second-order valence-corrected chi connectivity index (χ2v) is 6.51. The van der Waals surface area contributed by atoms with Crippen LogP contribution in [0.1, 0.15) is 46.7 Å². The van der Waals surface area contributed by atoms with Crippen LogP contribution in [0, 0.1) is 13.8 Å². The summed E-state index contributed by atoms with van der Waals surface area (Å²) in [6, 6.07) is 10.9. The Bertz CT molecular complexity index is 735. The third kappa shape index (κ3) is 3.82. The molecule has 0 aliphatic carbocycles.